The summed E-state index contributed by atoms with van der Waals surface area (Å²) in [5.41, 5.74) is 0.789. The van der Waals surface area contributed by atoms with Gasteiger partial charge in [-0.15, -0.1) is 0 Å². The minimum Gasteiger partial charge on any atom is -0.493 e. The van der Waals surface area contributed by atoms with Gasteiger partial charge in [-0.25, -0.2) is 9.78 Å². The van der Waals surface area contributed by atoms with Gasteiger partial charge in [0.1, 0.15) is 11.5 Å². The molecule has 1 saturated heterocycles. The van der Waals surface area contributed by atoms with Crippen LogP contribution in [-0.4, -0.2) is 54.7 Å². The fourth-order valence-corrected chi connectivity index (χ4v) is 3.57. The van der Waals surface area contributed by atoms with Gasteiger partial charge in [0.2, 0.25) is 11.8 Å². The van der Waals surface area contributed by atoms with Crippen LogP contribution in [0.4, 0.5) is 5.82 Å². The number of carbonyl (C=O) groups is 1. The molecule has 2 aliphatic rings. The van der Waals surface area contributed by atoms with E-state index in [1.807, 2.05) is 0 Å². The van der Waals surface area contributed by atoms with Crippen LogP contribution in [0.3, 0.4) is 0 Å². The Hall–Kier alpha value is -3.47. The standard InChI is InChI=1S/C19H22N8O3/c28-17(10-3-5-20-6-4-10)25-14-8-15(22-12-1-2-12)27-16(24-14)11(9-21-27)7-13-18(29)26-19(30)23-13/h7-10,12,20,29H,1-6H2,(H,25,28)(H2,23,26,30). The number of aromatic amines is 2. The van der Waals surface area contributed by atoms with Crippen molar-refractivity contribution in [3.8, 4) is 5.88 Å². The van der Waals surface area contributed by atoms with E-state index in [4.69, 9.17) is 4.99 Å². The second-order valence-electron chi connectivity index (χ2n) is 7.69. The van der Waals surface area contributed by atoms with Crippen molar-refractivity contribution in [2.24, 2.45) is 10.9 Å². The van der Waals surface area contributed by atoms with Crippen LogP contribution in [0.1, 0.15) is 31.4 Å². The van der Waals surface area contributed by atoms with Crippen molar-refractivity contribution < 1.29 is 9.90 Å². The van der Waals surface area contributed by atoms with Crippen molar-refractivity contribution in [1.82, 2.24) is 29.9 Å². The van der Waals surface area contributed by atoms with E-state index >= 15 is 0 Å². The van der Waals surface area contributed by atoms with E-state index in [1.54, 1.807) is 22.9 Å². The number of nitrogens with one attached hydrogen (secondary N) is 4. The zero-order valence-corrected chi connectivity index (χ0v) is 16.2. The molecule has 5 N–H and O–H groups in total. The summed E-state index contributed by atoms with van der Waals surface area (Å²) in [6, 6.07) is 1.99. The topological polar surface area (TPSA) is 153 Å². The summed E-state index contributed by atoms with van der Waals surface area (Å²) in [6.07, 6.45) is 6.79. The molecule has 0 atom stereocenters. The Bertz CT molecular complexity index is 1280. The molecular formula is C19H22N8O3. The van der Waals surface area contributed by atoms with Crippen LogP contribution in [-0.2, 0) is 4.79 Å². The summed E-state index contributed by atoms with van der Waals surface area (Å²) in [5.74, 6) is 0.0410. The summed E-state index contributed by atoms with van der Waals surface area (Å²) >= 11 is 0. The molecule has 3 aromatic heterocycles. The van der Waals surface area contributed by atoms with Crippen molar-refractivity contribution in [3.63, 3.8) is 0 Å². The lowest BCUT2D eigenvalue weighted by Crippen LogP contribution is -2.35. The number of hydrogen-bond acceptors (Lipinski definition) is 7. The molecule has 1 aliphatic carbocycles. The first-order chi connectivity index (χ1) is 14.6. The first-order valence-corrected chi connectivity index (χ1v) is 10.0. The molecule has 156 valence electrons. The molecule has 4 heterocycles. The predicted octanol–water partition coefficient (Wildman–Crippen LogP) is -1.000. The third kappa shape index (κ3) is 3.71. The van der Waals surface area contributed by atoms with Crippen LogP contribution < -0.4 is 27.0 Å². The molecule has 0 unspecified atom stereocenters. The van der Waals surface area contributed by atoms with Crippen molar-refractivity contribution in [1.29, 1.82) is 0 Å². The molecule has 2 fully saturated rings. The van der Waals surface area contributed by atoms with E-state index in [2.05, 4.69) is 30.7 Å². The highest BCUT2D eigenvalue weighted by molar-refractivity contribution is 5.91. The van der Waals surface area contributed by atoms with E-state index in [0.29, 0.717) is 22.2 Å². The molecule has 0 spiro atoms. The largest absolute Gasteiger partial charge is 0.493 e. The summed E-state index contributed by atoms with van der Waals surface area (Å²) in [4.78, 5) is 38.2. The first-order valence-electron chi connectivity index (χ1n) is 10.0. The fraction of sp³-hybridized carbons (Fsp3) is 0.421. The molecular weight excluding hydrogens is 388 g/mol. The number of aromatic nitrogens is 5. The molecule has 0 radical (unpaired) electrons. The van der Waals surface area contributed by atoms with E-state index < -0.39 is 5.69 Å². The molecule has 1 aliphatic heterocycles. The van der Waals surface area contributed by atoms with Gasteiger partial charge in [0.05, 0.1) is 12.2 Å². The van der Waals surface area contributed by atoms with Gasteiger partial charge in [-0.3, -0.25) is 14.8 Å². The Kier molecular flexibility index (Phi) is 4.58. The minimum atomic E-state index is -0.512. The number of piperidine rings is 1. The number of imidazole rings is 1. The van der Waals surface area contributed by atoms with Crippen LogP contribution in [0.15, 0.2) is 22.1 Å². The van der Waals surface area contributed by atoms with Crippen molar-refractivity contribution >= 4 is 23.4 Å². The summed E-state index contributed by atoms with van der Waals surface area (Å²) < 4.78 is 1.60. The summed E-state index contributed by atoms with van der Waals surface area (Å²) in [7, 11) is 0. The van der Waals surface area contributed by atoms with Crippen molar-refractivity contribution in [2.45, 2.75) is 31.7 Å². The highest BCUT2D eigenvalue weighted by atomic mass is 16.3. The number of H-pyrrole nitrogens is 2. The van der Waals surface area contributed by atoms with Crippen LogP contribution in [0.5, 0.6) is 5.88 Å². The van der Waals surface area contributed by atoms with Crippen LogP contribution >= 0.6 is 0 Å². The van der Waals surface area contributed by atoms with Gasteiger partial charge in [-0.1, -0.05) is 0 Å². The molecule has 11 heteroatoms. The number of carbonyl (C=O) groups excluding carboxylic acids is 1. The average Bonchev–Trinajstić information content (AvgIpc) is 3.37. The molecule has 30 heavy (non-hydrogen) atoms. The maximum absolute atomic E-state index is 12.7. The van der Waals surface area contributed by atoms with E-state index in [1.165, 1.54) is 0 Å². The third-order valence-corrected chi connectivity index (χ3v) is 5.34. The SMILES string of the molecule is O=C(Nc1cc(=NC2CC2)n2ncc(=Cc3[nH]c(=O)[nH]c3O)c2n1)C1CCNCC1. The molecule has 3 aromatic rings. The summed E-state index contributed by atoms with van der Waals surface area (Å²) in [5, 5.41) is 21.0. The Balaban J connectivity index is 1.58. The number of amides is 1. The van der Waals surface area contributed by atoms with E-state index in [-0.39, 0.29) is 29.4 Å². The monoisotopic (exact) mass is 410 g/mol. The van der Waals surface area contributed by atoms with Gasteiger partial charge in [-0.2, -0.15) is 9.61 Å². The van der Waals surface area contributed by atoms with Gasteiger partial charge in [0.15, 0.2) is 11.1 Å². The Morgan fingerprint density at radius 1 is 1.27 bits per heavy atom. The van der Waals surface area contributed by atoms with Gasteiger partial charge in [-0.05, 0) is 44.8 Å². The minimum absolute atomic E-state index is 0.0501. The predicted molar refractivity (Wildman–Crippen MR) is 108 cm³/mol. The maximum atomic E-state index is 12.7. The second kappa shape index (κ2) is 7.41. The van der Waals surface area contributed by atoms with Crippen LogP contribution in [0, 0.1) is 5.92 Å². The highest BCUT2D eigenvalue weighted by Crippen LogP contribution is 2.22. The van der Waals surface area contributed by atoms with Gasteiger partial charge < -0.3 is 20.7 Å². The van der Waals surface area contributed by atoms with Crippen molar-refractivity contribution in [3.05, 3.63) is 39.1 Å². The number of fused-ring (bicyclic) bond motifs is 1. The number of hydrogen-bond donors (Lipinski definition) is 5. The summed E-state index contributed by atoms with van der Waals surface area (Å²) in [6.45, 7) is 1.65. The zero-order valence-electron chi connectivity index (χ0n) is 16.2. The number of rotatable bonds is 4. The molecule has 0 aromatic carbocycles. The number of aromatic hydroxyl groups is 1. The Morgan fingerprint density at radius 3 is 2.77 bits per heavy atom. The van der Waals surface area contributed by atoms with Gasteiger partial charge in [0, 0.05) is 17.2 Å². The zero-order chi connectivity index (χ0) is 20.7. The van der Waals surface area contributed by atoms with Crippen LogP contribution in [0.25, 0.3) is 11.7 Å². The van der Waals surface area contributed by atoms with E-state index in [9.17, 15) is 14.7 Å². The molecule has 1 amide bonds. The number of anilines is 1. The van der Waals surface area contributed by atoms with Crippen LogP contribution in [0.2, 0.25) is 0 Å². The molecule has 11 nitrogen and oxygen atoms in total. The molecule has 0 bridgehead atoms. The molecule has 1 saturated carbocycles. The van der Waals surface area contributed by atoms with Gasteiger partial charge in [0.25, 0.3) is 0 Å². The second-order valence-corrected chi connectivity index (χ2v) is 7.69. The van der Waals surface area contributed by atoms with Crippen molar-refractivity contribution in [2.75, 3.05) is 18.4 Å². The fourth-order valence-electron chi connectivity index (χ4n) is 3.57. The smallest absolute Gasteiger partial charge is 0.326 e. The average molecular weight is 410 g/mol. The lowest BCUT2D eigenvalue weighted by Gasteiger charge is -2.21. The Labute approximate surface area is 170 Å². The lowest BCUT2D eigenvalue weighted by atomic mass is 9.97. The lowest BCUT2D eigenvalue weighted by molar-refractivity contribution is -0.120. The molecule has 5 rings (SSSR count). The Morgan fingerprint density at radius 2 is 2.07 bits per heavy atom. The first kappa shape index (κ1) is 18.6. The van der Waals surface area contributed by atoms with Gasteiger partial charge >= 0.3 is 5.69 Å². The van der Waals surface area contributed by atoms with E-state index in [0.717, 1.165) is 38.8 Å². The number of nitrogens with zero attached hydrogens (tertiary/aromatic N) is 4. The normalized spacial score (nSPS) is 18.9. The quantitative estimate of drug-likeness (QED) is 0.372. The highest BCUT2D eigenvalue weighted by Gasteiger charge is 2.23. The maximum Gasteiger partial charge on any atom is 0.326 e. The third-order valence-electron chi connectivity index (χ3n) is 5.34.